The van der Waals surface area contributed by atoms with Crippen molar-refractivity contribution in [2.75, 3.05) is 0 Å². The number of benzene rings is 3. The van der Waals surface area contributed by atoms with Crippen molar-refractivity contribution in [2.24, 2.45) is 0 Å². The van der Waals surface area contributed by atoms with Gasteiger partial charge in [-0.25, -0.2) is 0 Å². The molecule has 0 saturated heterocycles. The SMILES string of the molecule is C=C/C=C(\C=C/C)Oc1ccc(-c2cccc(-c3ccc(OC(/C=C\C)=C/C)cc3)c2)cc1. The molecular formula is C31H30O2. The van der Waals surface area contributed by atoms with E-state index in [1.165, 1.54) is 0 Å². The molecule has 0 amide bonds. The van der Waals surface area contributed by atoms with E-state index in [0.717, 1.165) is 45.3 Å². The third kappa shape index (κ3) is 6.72. The van der Waals surface area contributed by atoms with Crippen molar-refractivity contribution in [2.45, 2.75) is 20.8 Å². The summed E-state index contributed by atoms with van der Waals surface area (Å²) in [5.41, 5.74) is 4.58. The molecule has 0 unspecified atom stereocenters. The molecule has 2 heteroatoms. The molecule has 33 heavy (non-hydrogen) atoms. The first kappa shape index (κ1) is 23.6. The van der Waals surface area contributed by atoms with Gasteiger partial charge in [-0.2, -0.15) is 0 Å². The summed E-state index contributed by atoms with van der Waals surface area (Å²) in [6.45, 7) is 9.64. The lowest BCUT2D eigenvalue weighted by Gasteiger charge is -2.10. The van der Waals surface area contributed by atoms with Crippen LogP contribution in [0.25, 0.3) is 22.3 Å². The fourth-order valence-corrected chi connectivity index (χ4v) is 3.34. The minimum Gasteiger partial charge on any atom is -0.458 e. The lowest BCUT2D eigenvalue weighted by molar-refractivity contribution is 0.443. The van der Waals surface area contributed by atoms with E-state index in [9.17, 15) is 0 Å². The molecule has 2 nitrogen and oxygen atoms in total. The number of ether oxygens (including phenoxy) is 2. The van der Waals surface area contributed by atoms with Gasteiger partial charge in [-0.15, -0.1) is 0 Å². The summed E-state index contributed by atoms with van der Waals surface area (Å²) in [4.78, 5) is 0. The molecule has 0 radical (unpaired) electrons. The Hall–Kier alpha value is -4.04. The molecule has 3 aromatic rings. The van der Waals surface area contributed by atoms with Crippen molar-refractivity contribution < 1.29 is 9.47 Å². The van der Waals surface area contributed by atoms with Gasteiger partial charge in [-0.3, -0.25) is 0 Å². The Balaban J connectivity index is 1.77. The minimum absolute atomic E-state index is 0.752. The first-order valence-corrected chi connectivity index (χ1v) is 11.1. The van der Waals surface area contributed by atoms with Crippen LogP contribution < -0.4 is 9.47 Å². The van der Waals surface area contributed by atoms with Crippen molar-refractivity contribution in [1.82, 2.24) is 0 Å². The van der Waals surface area contributed by atoms with Crippen LogP contribution in [0.3, 0.4) is 0 Å². The zero-order valence-electron chi connectivity index (χ0n) is 19.5. The molecule has 0 aliphatic heterocycles. The molecule has 0 atom stereocenters. The number of allylic oxidation sites excluding steroid dienone is 7. The molecule has 3 rings (SSSR count). The van der Waals surface area contributed by atoms with Gasteiger partial charge < -0.3 is 9.47 Å². The van der Waals surface area contributed by atoms with Crippen LogP contribution in [-0.4, -0.2) is 0 Å². The van der Waals surface area contributed by atoms with Crippen molar-refractivity contribution in [1.29, 1.82) is 0 Å². The van der Waals surface area contributed by atoms with E-state index in [4.69, 9.17) is 9.47 Å². The first-order valence-electron chi connectivity index (χ1n) is 11.1. The highest BCUT2D eigenvalue weighted by atomic mass is 16.5. The summed E-state index contributed by atoms with van der Waals surface area (Å²) in [6, 6.07) is 24.8. The quantitative estimate of drug-likeness (QED) is 0.247. The fraction of sp³-hybridized carbons (Fsp3) is 0.0968. The Morgan fingerprint density at radius 2 is 1.12 bits per heavy atom. The summed E-state index contributed by atoms with van der Waals surface area (Å²) in [5.74, 6) is 3.19. The second kappa shape index (κ2) is 12.1. The summed E-state index contributed by atoms with van der Waals surface area (Å²) >= 11 is 0. The molecular weight excluding hydrogens is 404 g/mol. The molecule has 3 aromatic carbocycles. The highest BCUT2D eigenvalue weighted by molar-refractivity contribution is 5.73. The van der Waals surface area contributed by atoms with E-state index in [1.807, 2.05) is 81.5 Å². The van der Waals surface area contributed by atoms with Gasteiger partial charge in [0.25, 0.3) is 0 Å². The van der Waals surface area contributed by atoms with Gasteiger partial charge in [0.15, 0.2) is 0 Å². The van der Waals surface area contributed by atoms with Crippen LogP contribution in [0.2, 0.25) is 0 Å². The third-order valence-corrected chi connectivity index (χ3v) is 4.94. The zero-order chi connectivity index (χ0) is 23.5. The Bertz CT molecular complexity index is 1170. The van der Waals surface area contributed by atoms with Gasteiger partial charge in [0.1, 0.15) is 23.0 Å². The molecule has 166 valence electrons. The van der Waals surface area contributed by atoms with Gasteiger partial charge in [-0.1, -0.05) is 67.3 Å². The monoisotopic (exact) mass is 434 g/mol. The molecule has 0 heterocycles. The molecule has 0 aliphatic carbocycles. The van der Waals surface area contributed by atoms with E-state index in [0.29, 0.717) is 0 Å². The largest absolute Gasteiger partial charge is 0.458 e. The van der Waals surface area contributed by atoms with Crippen LogP contribution in [0, 0.1) is 0 Å². The summed E-state index contributed by atoms with van der Waals surface area (Å²) in [6.07, 6.45) is 13.3. The number of rotatable bonds is 9. The first-order chi connectivity index (χ1) is 16.2. The number of hydrogen-bond acceptors (Lipinski definition) is 2. The van der Waals surface area contributed by atoms with Crippen molar-refractivity contribution in [3.05, 3.63) is 133 Å². The van der Waals surface area contributed by atoms with E-state index in [2.05, 4.69) is 55.1 Å². The van der Waals surface area contributed by atoms with Crippen LogP contribution in [0.5, 0.6) is 11.5 Å². The lowest BCUT2D eigenvalue weighted by Crippen LogP contribution is -1.92. The summed E-state index contributed by atoms with van der Waals surface area (Å²) < 4.78 is 11.8. The highest BCUT2D eigenvalue weighted by Crippen LogP contribution is 2.29. The van der Waals surface area contributed by atoms with Crippen LogP contribution in [0.15, 0.2) is 133 Å². The number of hydrogen-bond donors (Lipinski definition) is 0. The Morgan fingerprint density at radius 3 is 1.58 bits per heavy atom. The predicted octanol–water partition coefficient (Wildman–Crippen LogP) is 8.90. The van der Waals surface area contributed by atoms with Gasteiger partial charge in [0.2, 0.25) is 0 Å². The van der Waals surface area contributed by atoms with E-state index in [1.54, 1.807) is 6.08 Å². The molecule has 0 aromatic heterocycles. The topological polar surface area (TPSA) is 18.5 Å². The molecule has 0 N–H and O–H groups in total. The normalized spacial score (nSPS) is 12.3. The van der Waals surface area contributed by atoms with Gasteiger partial charge in [0.05, 0.1) is 0 Å². The molecule has 0 spiro atoms. The molecule has 0 saturated carbocycles. The average molecular weight is 435 g/mol. The molecule has 0 aliphatic rings. The summed E-state index contributed by atoms with van der Waals surface area (Å²) in [7, 11) is 0. The van der Waals surface area contributed by atoms with Crippen LogP contribution in [0.4, 0.5) is 0 Å². The zero-order valence-corrected chi connectivity index (χ0v) is 19.5. The second-order valence-corrected chi connectivity index (χ2v) is 7.33. The third-order valence-electron chi connectivity index (χ3n) is 4.94. The average Bonchev–Trinajstić information content (AvgIpc) is 2.85. The van der Waals surface area contributed by atoms with Crippen LogP contribution in [-0.2, 0) is 0 Å². The maximum Gasteiger partial charge on any atom is 0.127 e. The van der Waals surface area contributed by atoms with Gasteiger partial charge >= 0.3 is 0 Å². The minimum atomic E-state index is 0.752. The maximum absolute atomic E-state index is 5.92. The van der Waals surface area contributed by atoms with Crippen molar-refractivity contribution >= 4 is 0 Å². The van der Waals surface area contributed by atoms with Crippen LogP contribution >= 0.6 is 0 Å². The predicted molar refractivity (Wildman–Crippen MR) is 140 cm³/mol. The van der Waals surface area contributed by atoms with Gasteiger partial charge in [0, 0.05) is 0 Å². The van der Waals surface area contributed by atoms with Crippen molar-refractivity contribution in [3.63, 3.8) is 0 Å². The molecule has 0 bridgehead atoms. The van der Waals surface area contributed by atoms with E-state index < -0.39 is 0 Å². The Labute approximate surface area is 197 Å². The van der Waals surface area contributed by atoms with Crippen molar-refractivity contribution in [3.8, 4) is 33.8 Å². The van der Waals surface area contributed by atoms with E-state index in [-0.39, 0.29) is 0 Å². The maximum atomic E-state index is 5.92. The Morgan fingerprint density at radius 1 is 0.636 bits per heavy atom. The van der Waals surface area contributed by atoms with Crippen LogP contribution in [0.1, 0.15) is 20.8 Å². The highest BCUT2D eigenvalue weighted by Gasteiger charge is 2.04. The summed E-state index contributed by atoms with van der Waals surface area (Å²) in [5, 5.41) is 0. The fourth-order valence-electron chi connectivity index (χ4n) is 3.34. The van der Waals surface area contributed by atoms with E-state index >= 15 is 0 Å². The Kier molecular flexibility index (Phi) is 8.67. The second-order valence-electron chi connectivity index (χ2n) is 7.33. The smallest absolute Gasteiger partial charge is 0.127 e. The van der Waals surface area contributed by atoms with Gasteiger partial charge in [-0.05, 0) is 97.7 Å². The standard InChI is InChI=1S/C31H30O2/c1-5-10-28(8-4)32-30-19-15-24(16-20-30)26-13-9-14-27(23-26)25-17-21-31(22-18-25)33-29(11-6-2)12-7-3/h5-23H,2H2,1,3-4H3/b10-5-,12-7-,28-8+,29-11+. The lowest BCUT2D eigenvalue weighted by atomic mass is 9.99. The molecule has 0 fully saturated rings.